The molecule has 0 amide bonds. The van der Waals surface area contributed by atoms with Crippen LogP contribution in [-0.2, 0) is 0 Å². The molecular weight excluding hydrogens is 277 g/mol. The maximum atomic E-state index is 10.7. The number of benzene rings is 2. The molecule has 21 heavy (non-hydrogen) atoms. The molecule has 104 valence electrons. The van der Waals surface area contributed by atoms with E-state index < -0.39 is 5.97 Å². The van der Waals surface area contributed by atoms with Gasteiger partial charge in [0.25, 0.3) is 0 Å². The van der Waals surface area contributed by atoms with Crippen molar-refractivity contribution in [2.75, 3.05) is 19.0 Å². The number of carboxylic acid groups (broad SMARTS) is 1. The van der Waals surface area contributed by atoms with Crippen molar-refractivity contribution in [3.05, 3.63) is 54.1 Å². The van der Waals surface area contributed by atoms with Crippen LogP contribution >= 0.6 is 0 Å². The Balaban J connectivity index is 0.00000220. The third-order valence-electron chi connectivity index (χ3n) is 2.76. The molecule has 2 aromatic rings. The Hall–Kier alpha value is -1.69. The first-order valence-electron chi connectivity index (χ1n) is 6.09. The van der Waals surface area contributed by atoms with Crippen LogP contribution in [0, 0.1) is 0 Å². The Kier molecular flexibility index (Phi) is 6.55. The van der Waals surface area contributed by atoms with E-state index in [2.05, 4.69) is 10.2 Å². The Morgan fingerprint density at radius 2 is 1.33 bits per heavy atom. The zero-order valence-electron chi connectivity index (χ0n) is 11.3. The van der Waals surface area contributed by atoms with Gasteiger partial charge in [-0.25, -0.2) is 4.79 Å². The summed E-state index contributed by atoms with van der Waals surface area (Å²) < 4.78 is 0. The number of nitrogens with zero attached hydrogens (tertiary/aromatic N) is 3. The molecule has 0 saturated carbocycles. The molecule has 0 aliphatic carbocycles. The first-order valence-corrected chi connectivity index (χ1v) is 6.09. The van der Waals surface area contributed by atoms with Crippen molar-refractivity contribution >= 4 is 52.6 Å². The van der Waals surface area contributed by atoms with Crippen molar-refractivity contribution in [3.63, 3.8) is 0 Å². The van der Waals surface area contributed by atoms with E-state index in [0.717, 1.165) is 11.4 Å². The van der Waals surface area contributed by atoms with Gasteiger partial charge in [-0.2, -0.15) is 10.2 Å². The molecule has 0 atom stereocenters. The standard InChI is InChI=1S/C15H15N3O2.Na.H/c1-18(2)14-9-7-13(8-10-14)17-16-12-5-3-11(4-6-12)15(19)20;;/h3-10H,1-2H3,(H,19,20);;/b17-16+;;. The summed E-state index contributed by atoms with van der Waals surface area (Å²) >= 11 is 0. The molecule has 5 nitrogen and oxygen atoms in total. The second-order valence-corrected chi connectivity index (χ2v) is 4.46. The van der Waals surface area contributed by atoms with Crippen LogP contribution in [0.4, 0.5) is 17.1 Å². The fourth-order valence-electron chi connectivity index (χ4n) is 1.60. The van der Waals surface area contributed by atoms with Crippen molar-refractivity contribution in [2.45, 2.75) is 0 Å². The van der Waals surface area contributed by atoms with Crippen LogP contribution < -0.4 is 4.90 Å². The van der Waals surface area contributed by atoms with E-state index in [1.54, 1.807) is 12.1 Å². The van der Waals surface area contributed by atoms with E-state index in [1.807, 2.05) is 43.3 Å². The number of hydrogen-bond donors (Lipinski definition) is 1. The Morgan fingerprint density at radius 1 is 0.905 bits per heavy atom. The zero-order valence-corrected chi connectivity index (χ0v) is 11.3. The van der Waals surface area contributed by atoms with E-state index in [0.29, 0.717) is 5.69 Å². The molecule has 0 aliphatic rings. The molecule has 0 saturated heterocycles. The topological polar surface area (TPSA) is 65.3 Å². The number of carbonyl (C=O) groups is 1. The van der Waals surface area contributed by atoms with E-state index in [4.69, 9.17) is 5.11 Å². The molecule has 6 heteroatoms. The van der Waals surface area contributed by atoms with Gasteiger partial charge in [-0.15, -0.1) is 0 Å². The van der Waals surface area contributed by atoms with E-state index in [1.165, 1.54) is 12.1 Å². The fraction of sp³-hybridized carbons (Fsp3) is 0.133. The molecule has 0 radical (unpaired) electrons. The third-order valence-corrected chi connectivity index (χ3v) is 2.76. The van der Waals surface area contributed by atoms with Gasteiger partial charge < -0.3 is 10.0 Å². The third kappa shape index (κ3) is 4.97. The summed E-state index contributed by atoms with van der Waals surface area (Å²) in [5.74, 6) is -0.951. The summed E-state index contributed by atoms with van der Waals surface area (Å²) in [4.78, 5) is 12.7. The molecule has 0 aromatic heterocycles. The van der Waals surface area contributed by atoms with Gasteiger partial charge in [0.1, 0.15) is 0 Å². The molecule has 0 aliphatic heterocycles. The fourth-order valence-corrected chi connectivity index (χ4v) is 1.60. The predicted octanol–water partition coefficient (Wildman–Crippen LogP) is 3.22. The van der Waals surface area contributed by atoms with Gasteiger partial charge in [-0.3, -0.25) is 0 Å². The monoisotopic (exact) mass is 293 g/mol. The van der Waals surface area contributed by atoms with Gasteiger partial charge in [0.2, 0.25) is 0 Å². The molecule has 2 rings (SSSR count). The van der Waals surface area contributed by atoms with Crippen LogP contribution in [0.15, 0.2) is 58.8 Å². The summed E-state index contributed by atoms with van der Waals surface area (Å²) in [5.41, 5.74) is 2.69. The average Bonchev–Trinajstić information content (AvgIpc) is 2.46. The Bertz CT molecular complexity index is 622. The zero-order chi connectivity index (χ0) is 14.5. The van der Waals surface area contributed by atoms with Crippen LogP contribution in [0.2, 0.25) is 0 Å². The molecule has 0 fully saturated rings. The first kappa shape index (κ1) is 17.4. The number of hydrogen-bond acceptors (Lipinski definition) is 4. The van der Waals surface area contributed by atoms with Gasteiger partial charge in [-0.1, -0.05) is 0 Å². The van der Waals surface area contributed by atoms with Gasteiger partial charge >= 0.3 is 35.5 Å². The molecule has 0 bridgehead atoms. The average molecular weight is 293 g/mol. The summed E-state index contributed by atoms with van der Waals surface area (Å²) in [6.07, 6.45) is 0. The van der Waals surface area contributed by atoms with Crippen LogP contribution in [-0.4, -0.2) is 54.7 Å². The molecule has 0 spiro atoms. The number of azo groups is 1. The van der Waals surface area contributed by atoms with Crippen LogP contribution in [0.3, 0.4) is 0 Å². The second kappa shape index (κ2) is 7.93. The molecule has 2 aromatic carbocycles. The SMILES string of the molecule is CN(C)c1ccc(/N=N/c2ccc(C(=O)O)cc2)cc1.[NaH]. The number of aromatic carboxylic acids is 1. The van der Waals surface area contributed by atoms with Crippen molar-refractivity contribution in [1.29, 1.82) is 0 Å². The van der Waals surface area contributed by atoms with Gasteiger partial charge in [0.15, 0.2) is 0 Å². The maximum absolute atomic E-state index is 10.7. The normalized spacial score (nSPS) is 10.2. The van der Waals surface area contributed by atoms with Crippen molar-refractivity contribution in [1.82, 2.24) is 0 Å². The summed E-state index contributed by atoms with van der Waals surface area (Å²) in [5, 5.41) is 17.0. The summed E-state index contributed by atoms with van der Waals surface area (Å²) in [7, 11) is 3.95. The first-order chi connectivity index (χ1) is 9.56. The Morgan fingerprint density at radius 3 is 1.71 bits per heavy atom. The minimum absolute atomic E-state index is 0. The van der Waals surface area contributed by atoms with Crippen molar-refractivity contribution in [3.8, 4) is 0 Å². The second-order valence-electron chi connectivity index (χ2n) is 4.46. The van der Waals surface area contributed by atoms with Gasteiger partial charge in [-0.05, 0) is 48.5 Å². The number of rotatable bonds is 4. The summed E-state index contributed by atoms with van der Waals surface area (Å²) in [6, 6.07) is 13.9. The van der Waals surface area contributed by atoms with Crippen LogP contribution in [0.25, 0.3) is 0 Å². The number of anilines is 1. The molecule has 0 heterocycles. The van der Waals surface area contributed by atoms with Crippen LogP contribution in [0.5, 0.6) is 0 Å². The van der Waals surface area contributed by atoms with Crippen LogP contribution in [0.1, 0.15) is 10.4 Å². The minimum atomic E-state index is -0.951. The van der Waals surface area contributed by atoms with E-state index in [9.17, 15) is 4.79 Å². The quantitative estimate of drug-likeness (QED) is 0.695. The Labute approximate surface area is 145 Å². The van der Waals surface area contributed by atoms with E-state index in [-0.39, 0.29) is 35.1 Å². The van der Waals surface area contributed by atoms with Crippen molar-refractivity contribution < 1.29 is 9.90 Å². The summed E-state index contributed by atoms with van der Waals surface area (Å²) in [6.45, 7) is 0. The van der Waals surface area contributed by atoms with Crippen molar-refractivity contribution in [2.24, 2.45) is 10.2 Å². The van der Waals surface area contributed by atoms with Gasteiger partial charge in [0.05, 0.1) is 16.9 Å². The van der Waals surface area contributed by atoms with Gasteiger partial charge in [0, 0.05) is 19.8 Å². The molecule has 1 N–H and O–H groups in total. The predicted molar refractivity (Wildman–Crippen MR) is 85.5 cm³/mol. The molecular formula is C15H16N3NaO2. The molecule has 0 unspecified atom stereocenters. The number of carboxylic acids is 1. The van der Waals surface area contributed by atoms with E-state index >= 15 is 0 Å².